The lowest BCUT2D eigenvalue weighted by molar-refractivity contribution is -0.137. The first kappa shape index (κ1) is 25.6. The van der Waals surface area contributed by atoms with Gasteiger partial charge in [-0.3, -0.25) is 0 Å². The number of halogens is 4. The van der Waals surface area contributed by atoms with Crippen LogP contribution in [0.5, 0.6) is 11.5 Å². The van der Waals surface area contributed by atoms with Gasteiger partial charge in [0.05, 0.1) is 36.1 Å². The molecule has 0 radical (unpaired) electrons. The van der Waals surface area contributed by atoms with E-state index in [1.165, 1.54) is 31.4 Å². The van der Waals surface area contributed by atoms with Gasteiger partial charge in [-0.05, 0) is 24.6 Å². The maximum Gasteiger partial charge on any atom is 0.416 e. The number of fused-ring (bicyclic) bond motifs is 1. The topological polar surface area (TPSA) is 99.6 Å². The van der Waals surface area contributed by atoms with Gasteiger partial charge in [-0.15, -0.1) is 0 Å². The van der Waals surface area contributed by atoms with Crippen LogP contribution in [0, 0.1) is 5.82 Å². The van der Waals surface area contributed by atoms with Crippen molar-refractivity contribution in [1.29, 1.82) is 0 Å². The first-order chi connectivity index (χ1) is 17.1. The number of ether oxygens (including phenoxy) is 3. The molecule has 3 aromatic rings. The van der Waals surface area contributed by atoms with Crippen molar-refractivity contribution in [3.63, 3.8) is 0 Å². The third-order valence-corrected chi connectivity index (χ3v) is 6.77. The predicted molar refractivity (Wildman–Crippen MR) is 120 cm³/mol. The van der Waals surface area contributed by atoms with Gasteiger partial charge in [0.2, 0.25) is 5.95 Å². The summed E-state index contributed by atoms with van der Waals surface area (Å²) in [5.41, 5.74) is 0.258. The molecule has 1 unspecified atom stereocenters. The molecule has 1 aliphatic rings. The molecule has 0 amide bonds. The summed E-state index contributed by atoms with van der Waals surface area (Å²) in [4.78, 5) is 7.01. The number of aromatic nitrogens is 2. The number of nitrogens with zero attached hydrogens (tertiary/aromatic N) is 2. The highest BCUT2D eigenvalue weighted by molar-refractivity contribution is 7.92. The van der Waals surface area contributed by atoms with Crippen molar-refractivity contribution in [2.24, 2.45) is 0 Å². The zero-order valence-corrected chi connectivity index (χ0v) is 19.7. The molecule has 0 bridgehead atoms. The Hall–Kier alpha value is -3.45. The van der Waals surface area contributed by atoms with Gasteiger partial charge >= 0.3 is 6.18 Å². The number of benzene rings is 2. The summed E-state index contributed by atoms with van der Waals surface area (Å²) in [6.07, 6.45) is -2.47. The molecule has 0 fully saturated rings. The number of nitrogens with one attached hydrogen (secondary N) is 1. The maximum atomic E-state index is 13.3. The molecule has 0 spiro atoms. The minimum Gasteiger partial charge on any atom is -0.493 e. The summed E-state index contributed by atoms with van der Waals surface area (Å²) in [6, 6.07) is 7.48. The average molecular weight is 527 g/mol. The van der Waals surface area contributed by atoms with E-state index in [4.69, 9.17) is 14.2 Å². The smallest absolute Gasteiger partial charge is 0.416 e. The van der Waals surface area contributed by atoms with E-state index in [9.17, 15) is 26.0 Å². The molecule has 8 nitrogen and oxygen atoms in total. The van der Waals surface area contributed by atoms with Crippen molar-refractivity contribution >= 4 is 16.0 Å². The van der Waals surface area contributed by atoms with Crippen LogP contribution in [0.1, 0.15) is 29.0 Å². The zero-order chi connectivity index (χ0) is 25.9. The minimum absolute atomic E-state index is 0.0508. The van der Waals surface area contributed by atoms with Gasteiger partial charge in [0.25, 0.3) is 10.0 Å². The van der Waals surface area contributed by atoms with Crippen molar-refractivity contribution in [3.05, 3.63) is 71.3 Å². The molecular formula is C23H21F4N3O5S. The van der Waals surface area contributed by atoms with Crippen molar-refractivity contribution < 1.29 is 40.2 Å². The van der Waals surface area contributed by atoms with Gasteiger partial charge in [-0.2, -0.15) is 13.2 Å². The summed E-state index contributed by atoms with van der Waals surface area (Å²) in [6.45, 7) is 0.440. The monoisotopic (exact) mass is 527 g/mol. The molecule has 1 atom stereocenters. The highest BCUT2D eigenvalue weighted by atomic mass is 32.2. The fourth-order valence-electron chi connectivity index (χ4n) is 3.76. The van der Waals surface area contributed by atoms with Crippen LogP contribution in [0.2, 0.25) is 0 Å². The number of anilines is 1. The summed E-state index contributed by atoms with van der Waals surface area (Å²) in [5, 5.41) is 0. The molecule has 0 saturated carbocycles. The second kappa shape index (κ2) is 10.3. The van der Waals surface area contributed by atoms with Gasteiger partial charge in [-0.1, -0.05) is 12.1 Å². The number of rotatable bonds is 8. The number of sulfonamides is 1. The SMILES string of the molecule is COCCOc1cc(C(F)(F)F)ccc1C1CCOc2cc(S(=O)(=O)Nc3ncc(F)cn3)ccc21. The number of hydrogen-bond donors (Lipinski definition) is 1. The lowest BCUT2D eigenvalue weighted by Gasteiger charge is -2.28. The average Bonchev–Trinajstić information content (AvgIpc) is 2.84. The van der Waals surface area contributed by atoms with Crippen LogP contribution in [-0.4, -0.2) is 45.3 Å². The second-order valence-corrected chi connectivity index (χ2v) is 9.49. The standard InChI is InChI=1S/C23H21F4N3O5S/c1-33-8-9-35-20-10-14(23(25,26)27)2-4-18(20)17-6-7-34-21-11-16(3-5-19(17)21)36(31,32)30-22-28-12-15(24)13-29-22/h2-5,10-13,17H,6-9H2,1H3,(H,28,29,30). The molecule has 2 heterocycles. The fourth-order valence-corrected chi connectivity index (χ4v) is 4.74. The van der Waals surface area contributed by atoms with Crippen molar-refractivity contribution in [3.8, 4) is 11.5 Å². The van der Waals surface area contributed by atoms with Crippen LogP contribution in [0.4, 0.5) is 23.5 Å². The Kier molecular flexibility index (Phi) is 7.31. The molecule has 13 heteroatoms. The van der Waals surface area contributed by atoms with Gasteiger partial charge in [0.1, 0.15) is 18.1 Å². The van der Waals surface area contributed by atoms with E-state index in [2.05, 4.69) is 14.7 Å². The van der Waals surface area contributed by atoms with Gasteiger partial charge in [0, 0.05) is 30.2 Å². The van der Waals surface area contributed by atoms with E-state index in [-0.39, 0.29) is 42.2 Å². The number of hydrogen-bond acceptors (Lipinski definition) is 7. The lowest BCUT2D eigenvalue weighted by Crippen LogP contribution is -2.19. The van der Waals surface area contributed by atoms with Crippen LogP contribution in [0.15, 0.2) is 53.7 Å². The van der Waals surface area contributed by atoms with E-state index in [0.717, 1.165) is 24.5 Å². The molecular weight excluding hydrogens is 506 g/mol. The van der Waals surface area contributed by atoms with Crippen molar-refractivity contribution in [2.75, 3.05) is 31.7 Å². The van der Waals surface area contributed by atoms with Crippen LogP contribution in [0.3, 0.4) is 0 Å². The summed E-state index contributed by atoms with van der Waals surface area (Å²) in [5.74, 6) is -1.11. The molecule has 1 aliphatic heterocycles. The Balaban J connectivity index is 1.67. The zero-order valence-electron chi connectivity index (χ0n) is 18.9. The Labute approximate surface area is 204 Å². The minimum atomic E-state index is -4.55. The van der Waals surface area contributed by atoms with Crippen molar-refractivity contribution in [2.45, 2.75) is 23.4 Å². The molecule has 1 aromatic heterocycles. The van der Waals surface area contributed by atoms with Gasteiger partial charge < -0.3 is 14.2 Å². The third-order valence-electron chi connectivity index (χ3n) is 5.44. The summed E-state index contributed by atoms with van der Waals surface area (Å²) >= 11 is 0. The Morgan fingerprint density at radius 3 is 2.50 bits per heavy atom. The molecule has 0 saturated heterocycles. The fraction of sp³-hybridized carbons (Fsp3) is 0.304. The molecule has 1 N–H and O–H groups in total. The van der Waals surface area contributed by atoms with Crippen LogP contribution < -0.4 is 14.2 Å². The van der Waals surface area contributed by atoms with E-state index < -0.39 is 33.5 Å². The van der Waals surface area contributed by atoms with Gasteiger partial charge in [0.15, 0.2) is 5.82 Å². The molecule has 2 aromatic carbocycles. The van der Waals surface area contributed by atoms with Crippen molar-refractivity contribution in [1.82, 2.24) is 9.97 Å². The van der Waals surface area contributed by atoms with E-state index in [0.29, 0.717) is 17.5 Å². The molecule has 192 valence electrons. The van der Waals surface area contributed by atoms with E-state index in [1.807, 2.05) is 0 Å². The third kappa shape index (κ3) is 5.68. The molecule has 0 aliphatic carbocycles. The maximum absolute atomic E-state index is 13.3. The van der Waals surface area contributed by atoms with E-state index in [1.54, 1.807) is 0 Å². The second-order valence-electron chi connectivity index (χ2n) is 7.81. The number of methoxy groups -OCH3 is 1. The molecule has 36 heavy (non-hydrogen) atoms. The quantitative estimate of drug-likeness (QED) is 0.343. The summed E-state index contributed by atoms with van der Waals surface area (Å²) in [7, 11) is -2.68. The number of alkyl halides is 3. The highest BCUT2D eigenvalue weighted by Gasteiger charge is 2.33. The highest BCUT2D eigenvalue weighted by Crippen LogP contribution is 2.44. The predicted octanol–water partition coefficient (Wildman–Crippen LogP) is 4.37. The lowest BCUT2D eigenvalue weighted by atomic mass is 9.85. The Bertz CT molecular complexity index is 1330. The largest absolute Gasteiger partial charge is 0.493 e. The first-order valence-electron chi connectivity index (χ1n) is 10.7. The Morgan fingerprint density at radius 2 is 1.81 bits per heavy atom. The summed E-state index contributed by atoms with van der Waals surface area (Å²) < 4.78 is 96.9. The van der Waals surface area contributed by atoms with Crippen LogP contribution in [-0.2, 0) is 20.9 Å². The van der Waals surface area contributed by atoms with Crippen LogP contribution in [0.25, 0.3) is 0 Å². The van der Waals surface area contributed by atoms with Gasteiger partial charge in [-0.25, -0.2) is 27.5 Å². The normalized spacial score (nSPS) is 15.6. The van der Waals surface area contributed by atoms with E-state index >= 15 is 0 Å². The first-order valence-corrected chi connectivity index (χ1v) is 12.2. The Morgan fingerprint density at radius 1 is 1.08 bits per heavy atom. The molecule has 4 rings (SSSR count). The van der Waals surface area contributed by atoms with Crippen LogP contribution >= 0.6 is 0 Å².